The van der Waals surface area contributed by atoms with Gasteiger partial charge in [0.1, 0.15) is 11.2 Å². The summed E-state index contributed by atoms with van der Waals surface area (Å²) in [4.78, 5) is 16.8. The van der Waals surface area contributed by atoms with Crippen LogP contribution in [0.4, 0.5) is 4.39 Å². The van der Waals surface area contributed by atoms with Crippen molar-refractivity contribution in [2.75, 3.05) is 13.2 Å². The molecule has 0 aliphatic heterocycles. The Labute approximate surface area is 139 Å². The number of aromatic nitrogens is 1. The summed E-state index contributed by atoms with van der Waals surface area (Å²) >= 11 is 1.43. The third-order valence-electron chi connectivity index (χ3n) is 3.25. The lowest BCUT2D eigenvalue weighted by atomic mass is 10.1. The Bertz CT molecular complexity index is 631. The van der Waals surface area contributed by atoms with Crippen LogP contribution in [0.3, 0.4) is 0 Å². The fraction of sp³-hybridized carbons (Fsp3) is 0.412. The Kier molecular flexibility index (Phi) is 6.67. The van der Waals surface area contributed by atoms with Crippen LogP contribution in [-0.2, 0) is 17.7 Å². The van der Waals surface area contributed by atoms with E-state index in [0.29, 0.717) is 25.3 Å². The first-order valence-electron chi connectivity index (χ1n) is 7.62. The molecule has 124 valence electrons. The second-order valence-corrected chi connectivity index (χ2v) is 6.44. The van der Waals surface area contributed by atoms with E-state index in [2.05, 4.69) is 10.3 Å². The van der Waals surface area contributed by atoms with Gasteiger partial charge in [0.25, 0.3) is 0 Å². The third-order valence-corrected chi connectivity index (χ3v) is 4.22. The number of nitrogens with zero attached hydrogens (tertiary/aromatic N) is 1. The van der Waals surface area contributed by atoms with Crippen LogP contribution in [-0.4, -0.2) is 30.3 Å². The zero-order valence-corrected chi connectivity index (χ0v) is 14.2. The van der Waals surface area contributed by atoms with Gasteiger partial charge in [0, 0.05) is 24.4 Å². The van der Waals surface area contributed by atoms with Crippen LogP contribution in [0.2, 0.25) is 0 Å². The average Bonchev–Trinajstić information content (AvgIpc) is 2.89. The van der Waals surface area contributed by atoms with Gasteiger partial charge in [-0.25, -0.2) is 14.2 Å². The standard InChI is InChI=1S/C17H21FN2O2S/c1-3-22-17(21)16-12(2)23-15(20-16)11-19-10-14(18)9-13-7-5-4-6-8-13/h4-8,14,19H,3,9-11H2,1-2H3. The van der Waals surface area contributed by atoms with E-state index in [9.17, 15) is 9.18 Å². The van der Waals surface area contributed by atoms with Crippen LogP contribution >= 0.6 is 11.3 Å². The minimum Gasteiger partial charge on any atom is -0.461 e. The number of hydrogen-bond acceptors (Lipinski definition) is 5. The van der Waals surface area contributed by atoms with Gasteiger partial charge in [0.2, 0.25) is 0 Å². The molecule has 4 nitrogen and oxygen atoms in total. The summed E-state index contributed by atoms with van der Waals surface area (Å²) in [5.74, 6) is -0.403. The van der Waals surface area contributed by atoms with Gasteiger partial charge < -0.3 is 10.1 Å². The quantitative estimate of drug-likeness (QED) is 0.752. The van der Waals surface area contributed by atoms with Crippen LogP contribution in [0.5, 0.6) is 0 Å². The Morgan fingerprint density at radius 1 is 1.39 bits per heavy atom. The van der Waals surface area contributed by atoms with Crippen molar-refractivity contribution in [3.8, 4) is 0 Å². The Morgan fingerprint density at radius 3 is 2.83 bits per heavy atom. The molecule has 0 fully saturated rings. The van der Waals surface area contributed by atoms with Crippen LogP contribution in [0, 0.1) is 6.92 Å². The Balaban J connectivity index is 1.80. The smallest absolute Gasteiger partial charge is 0.358 e. The minimum absolute atomic E-state index is 0.252. The molecule has 2 rings (SSSR count). The molecular formula is C17H21FN2O2S. The van der Waals surface area contributed by atoms with Gasteiger partial charge in [-0.05, 0) is 19.4 Å². The first kappa shape index (κ1) is 17.6. The van der Waals surface area contributed by atoms with Gasteiger partial charge in [-0.1, -0.05) is 30.3 Å². The maximum Gasteiger partial charge on any atom is 0.358 e. The highest BCUT2D eigenvalue weighted by Gasteiger charge is 2.16. The molecule has 0 aliphatic carbocycles. The van der Waals surface area contributed by atoms with Gasteiger partial charge in [-0.2, -0.15) is 0 Å². The molecule has 1 heterocycles. The zero-order chi connectivity index (χ0) is 16.7. The molecule has 1 N–H and O–H groups in total. The number of ether oxygens (including phenoxy) is 1. The number of benzene rings is 1. The maximum atomic E-state index is 14.0. The number of carbonyl (C=O) groups is 1. The van der Waals surface area contributed by atoms with E-state index in [-0.39, 0.29) is 6.54 Å². The SMILES string of the molecule is CCOC(=O)c1nc(CNCC(F)Cc2ccccc2)sc1C. The van der Waals surface area contributed by atoms with Crippen molar-refractivity contribution in [1.29, 1.82) is 0 Å². The number of alkyl halides is 1. The average molecular weight is 336 g/mol. The van der Waals surface area contributed by atoms with Crippen molar-refractivity contribution in [2.24, 2.45) is 0 Å². The normalized spacial score (nSPS) is 12.1. The van der Waals surface area contributed by atoms with Gasteiger partial charge in [-0.15, -0.1) is 11.3 Å². The number of aryl methyl sites for hydroxylation is 1. The van der Waals surface area contributed by atoms with E-state index in [1.807, 2.05) is 37.3 Å². The first-order chi connectivity index (χ1) is 11.1. The van der Waals surface area contributed by atoms with Crippen molar-refractivity contribution in [2.45, 2.75) is 33.0 Å². The topological polar surface area (TPSA) is 51.2 Å². The van der Waals surface area contributed by atoms with Gasteiger partial charge in [-0.3, -0.25) is 0 Å². The number of rotatable bonds is 8. The van der Waals surface area contributed by atoms with E-state index >= 15 is 0 Å². The lowest BCUT2D eigenvalue weighted by molar-refractivity contribution is 0.0519. The van der Waals surface area contributed by atoms with Crippen LogP contribution in [0.1, 0.15) is 32.9 Å². The number of nitrogens with one attached hydrogen (secondary N) is 1. The highest BCUT2D eigenvalue weighted by atomic mass is 32.1. The molecule has 0 spiro atoms. The molecular weight excluding hydrogens is 315 g/mol. The van der Waals surface area contributed by atoms with Gasteiger partial charge in [0.15, 0.2) is 5.69 Å². The first-order valence-corrected chi connectivity index (χ1v) is 8.44. The molecule has 1 aromatic heterocycles. The summed E-state index contributed by atoms with van der Waals surface area (Å²) in [6, 6.07) is 9.57. The maximum absolute atomic E-state index is 14.0. The van der Waals surface area contributed by atoms with E-state index < -0.39 is 12.1 Å². The van der Waals surface area contributed by atoms with Crippen LogP contribution < -0.4 is 5.32 Å². The monoisotopic (exact) mass is 336 g/mol. The fourth-order valence-electron chi connectivity index (χ4n) is 2.19. The summed E-state index contributed by atoms with van der Waals surface area (Å²) in [5, 5.41) is 3.82. The highest BCUT2D eigenvalue weighted by Crippen LogP contribution is 2.18. The van der Waals surface area contributed by atoms with Crippen molar-refractivity contribution >= 4 is 17.3 Å². The summed E-state index contributed by atoms with van der Waals surface area (Å²) < 4.78 is 18.9. The fourth-order valence-corrected chi connectivity index (χ4v) is 3.08. The predicted octanol–water partition coefficient (Wildman–Crippen LogP) is 3.30. The number of esters is 1. The van der Waals surface area contributed by atoms with Crippen LogP contribution in [0.15, 0.2) is 30.3 Å². The second kappa shape index (κ2) is 8.74. The van der Waals surface area contributed by atoms with Crippen molar-refractivity contribution in [1.82, 2.24) is 10.3 Å². The number of halogens is 1. The third kappa shape index (κ3) is 5.41. The number of carbonyl (C=O) groups excluding carboxylic acids is 1. The molecule has 2 aromatic rings. The van der Waals surface area contributed by atoms with Crippen molar-refractivity contribution < 1.29 is 13.9 Å². The minimum atomic E-state index is -0.956. The molecule has 0 aliphatic rings. The van der Waals surface area contributed by atoms with E-state index in [0.717, 1.165) is 15.4 Å². The van der Waals surface area contributed by atoms with Crippen molar-refractivity contribution in [3.63, 3.8) is 0 Å². The molecule has 23 heavy (non-hydrogen) atoms. The van der Waals surface area contributed by atoms with Gasteiger partial charge in [0.05, 0.1) is 6.61 Å². The lowest BCUT2D eigenvalue weighted by Crippen LogP contribution is -2.25. The predicted molar refractivity (Wildman–Crippen MR) is 89.6 cm³/mol. The summed E-state index contributed by atoms with van der Waals surface area (Å²) in [7, 11) is 0. The second-order valence-electron chi connectivity index (χ2n) is 5.15. The Morgan fingerprint density at radius 2 is 2.13 bits per heavy atom. The molecule has 0 amide bonds. The molecule has 0 saturated heterocycles. The molecule has 1 atom stereocenters. The summed E-state index contributed by atoms with van der Waals surface area (Å²) in [6.07, 6.45) is -0.568. The number of thiazole rings is 1. The highest BCUT2D eigenvalue weighted by molar-refractivity contribution is 7.11. The summed E-state index contributed by atoms with van der Waals surface area (Å²) in [5.41, 5.74) is 1.34. The van der Waals surface area contributed by atoms with Crippen LogP contribution in [0.25, 0.3) is 0 Å². The molecule has 6 heteroatoms. The van der Waals surface area contributed by atoms with E-state index in [1.54, 1.807) is 6.92 Å². The van der Waals surface area contributed by atoms with E-state index in [1.165, 1.54) is 11.3 Å². The van der Waals surface area contributed by atoms with E-state index in [4.69, 9.17) is 4.74 Å². The van der Waals surface area contributed by atoms with Gasteiger partial charge >= 0.3 is 5.97 Å². The molecule has 1 unspecified atom stereocenters. The Hall–Kier alpha value is -1.79. The lowest BCUT2D eigenvalue weighted by Gasteiger charge is -2.08. The molecule has 0 bridgehead atoms. The summed E-state index contributed by atoms with van der Waals surface area (Å²) in [6.45, 7) is 4.62. The molecule has 0 saturated carbocycles. The van der Waals surface area contributed by atoms with Crippen molar-refractivity contribution in [3.05, 3.63) is 51.5 Å². The largest absolute Gasteiger partial charge is 0.461 e. The zero-order valence-electron chi connectivity index (χ0n) is 13.3. The molecule has 1 aromatic carbocycles. The molecule has 0 radical (unpaired) electrons. The number of hydrogen-bond donors (Lipinski definition) is 1.